The van der Waals surface area contributed by atoms with Gasteiger partial charge in [0, 0.05) is 29.3 Å². The monoisotopic (exact) mass is 347 g/mol. The summed E-state index contributed by atoms with van der Waals surface area (Å²) >= 11 is 0. The van der Waals surface area contributed by atoms with Gasteiger partial charge in [0.2, 0.25) is 0 Å². The molecule has 2 N–H and O–H groups in total. The summed E-state index contributed by atoms with van der Waals surface area (Å²) in [4.78, 5) is 8.85. The number of rotatable bonds is 5. The number of imidazole rings is 1. The van der Waals surface area contributed by atoms with Crippen molar-refractivity contribution in [1.82, 2.24) is 34.9 Å². The molecule has 0 aliphatic heterocycles. The lowest BCUT2D eigenvalue weighted by atomic mass is 10.1. The van der Waals surface area contributed by atoms with E-state index in [4.69, 9.17) is 0 Å². The van der Waals surface area contributed by atoms with Crippen LogP contribution in [-0.2, 0) is 6.42 Å². The molecule has 0 aliphatic carbocycles. The second-order valence-corrected chi connectivity index (χ2v) is 6.79. The number of nitrogens with one attached hydrogen (secondary N) is 2. The van der Waals surface area contributed by atoms with Crippen LogP contribution in [0.4, 0.5) is 0 Å². The first-order chi connectivity index (χ1) is 12.6. The van der Waals surface area contributed by atoms with Crippen LogP contribution in [-0.4, -0.2) is 34.9 Å². The third-order valence-corrected chi connectivity index (χ3v) is 4.13. The minimum absolute atomic E-state index is 0.579. The van der Waals surface area contributed by atoms with Gasteiger partial charge in [-0.05, 0) is 49.6 Å². The molecule has 4 rings (SSSR count). The Balaban J connectivity index is 1.63. The first-order valence-corrected chi connectivity index (χ1v) is 8.68. The molecule has 0 radical (unpaired) electrons. The summed E-state index contributed by atoms with van der Waals surface area (Å²) in [5.41, 5.74) is 3.96. The molecule has 0 fully saturated rings. The zero-order valence-corrected chi connectivity index (χ0v) is 15.1. The van der Waals surface area contributed by atoms with Crippen molar-refractivity contribution in [3.63, 3.8) is 0 Å². The molecule has 3 heterocycles. The summed E-state index contributed by atoms with van der Waals surface area (Å²) in [6.07, 6.45) is 4.70. The summed E-state index contributed by atoms with van der Waals surface area (Å²) in [6, 6.07) is 10.2. The Labute approximate surface area is 151 Å². The van der Waals surface area contributed by atoms with Gasteiger partial charge in [-0.15, -0.1) is 0 Å². The molecule has 0 amide bonds. The van der Waals surface area contributed by atoms with E-state index in [9.17, 15) is 0 Å². The van der Waals surface area contributed by atoms with Crippen molar-refractivity contribution in [2.75, 3.05) is 0 Å². The highest BCUT2D eigenvalue weighted by Crippen LogP contribution is 2.23. The molecular formula is C19H21N7. The van der Waals surface area contributed by atoms with E-state index < -0.39 is 0 Å². The molecule has 0 saturated heterocycles. The molecule has 26 heavy (non-hydrogen) atoms. The van der Waals surface area contributed by atoms with E-state index in [0.29, 0.717) is 11.7 Å². The summed E-state index contributed by atoms with van der Waals surface area (Å²) in [5, 5.41) is 14.6. The average molecular weight is 347 g/mol. The van der Waals surface area contributed by atoms with Gasteiger partial charge in [-0.25, -0.2) is 9.97 Å². The minimum Gasteiger partial charge on any atom is -0.298 e. The van der Waals surface area contributed by atoms with Crippen molar-refractivity contribution in [3.05, 3.63) is 54.2 Å². The highest BCUT2D eigenvalue weighted by atomic mass is 15.2. The van der Waals surface area contributed by atoms with E-state index in [1.54, 1.807) is 6.20 Å². The van der Waals surface area contributed by atoms with E-state index in [1.807, 2.05) is 42.0 Å². The number of aromatic amines is 2. The number of aryl methyl sites for hydroxylation is 1. The van der Waals surface area contributed by atoms with Crippen LogP contribution in [0.5, 0.6) is 0 Å². The van der Waals surface area contributed by atoms with Crippen LogP contribution in [0.25, 0.3) is 28.6 Å². The molecule has 132 valence electrons. The second kappa shape index (κ2) is 6.59. The van der Waals surface area contributed by atoms with Crippen molar-refractivity contribution >= 4 is 0 Å². The number of benzene rings is 1. The first-order valence-electron chi connectivity index (χ1n) is 8.68. The van der Waals surface area contributed by atoms with Crippen LogP contribution < -0.4 is 0 Å². The lowest BCUT2D eigenvalue weighted by Gasteiger charge is -2.06. The Morgan fingerprint density at radius 1 is 1.08 bits per heavy atom. The zero-order chi connectivity index (χ0) is 18.1. The Hall–Kier alpha value is -3.22. The minimum atomic E-state index is 0.579. The highest BCUT2D eigenvalue weighted by Gasteiger charge is 2.13. The smallest absolute Gasteiger partial charge is 0.181 e. The van der Waals surface area contributed by atoms with Crippen molar-refractivity contribution < 1.29 is 0 Å². The van der Waals surface area contributed by atoms with Crippen molar-refractivity contribution in [3.8, 4) is 28.6 Å². The summed E-state index contributed by atoms with van der Waals surface area (Å²) in [7, 11) is 0. The molecular weight excluding hydrogens is 326 g/mol. The summed E-state index contributed by atoms with van der Waals surface area (Å²) in [6.45, 7) is 6.28. The van der Waals surface area contributed by atoms with Crippen LogP contribution >= 0.6 is 0 Å². The first kappa shape index (κ1) is 16.3. The van der Waals surface area contributed by atoms with E-state index in [1.165, 1.54) is 0 Å². The highest BCUT2D eigenvalue weighted by molar-refractivity contribution is 5.59. The largest absolute Gasteiger partial charge is 0.298 e. The van der Waals surface area contributed by atoms with Crippen molar-refractivity contribution in [2.45, 2.75) is 27.2 Å². The van der Waals surface area contributed by atoms with E-state index in [-0.39, 0.29) is 0 Å². The van der Waals surface area contributed by atoms with Crippen LogP contribution in [0.15, 0.2) is 42.7 Å². The molecule has 0 bridgehead atoms. The molecule has 3 aromatic heterocycles. The molecule has 0 spiro atoms. The van der Waals surface area contributed by atoms with Gasteiger partial charge >= 0.3 is 0 Å². The normalized spacial score (nSPS) is 11.4. The fraction of sp³-hybridized carbons (Fsp3) is 0.263. The number of hydrogen-bond donors (Lipinski definition) is 2. The fourth-order valence-electron chi connectivity index (χ4n) is 2.96. The van der Waals surface area contributed by atoms with Crippen molar-refractivity contribution in [2.24, 2.45) is 5.92 Å². The summed E-state index contributed by atoms with van der Waals surface area (Å²) < 4.78 is 2.03. The third kappa shape index (κ3) is 3.15. The molecule has 1 aromatic carbocycles. The van der Waals surface area contributed by atoms with Gasteiger partial charge in [0.25, 0.3) is 0 Å². The quantitative estimate of drug-likeness (QED) is 0.578. The van der Waals surface area contributed by atoms with Gasteiger partial charge in [-0.2, -0.15) is 10.2 Å². The summed E-state index contributed by atoms with van der Waals surface area (Å²) in [5.74, 6) is 2.90. The van der Waals surface area contributed by atoms with Crippen molar-refractivity contribution in [1.29, 1.82) is 0 Å². The maximum Gasteiger partial charge on any atom is 0.181 e. The Morgan fingerprint density at radius 2 is 1.88 bits per heavy atom. The van der Waals surface area contributed by atoms with Gasteiger partial charge in [-0.1, -0.05) is 13.8 Å². The number of hydrogen-bond acceptors (Lipinski definition) is 4. The predicted molar refractivity (Wildman–Crippen MR) is 99.8 cm³/mol. The predicted octanol–water partition coefficient (Wildman–Crippen LogP) is 3.55. The van der Waals surface area contributed by atoms with Crippen LogP contribution in [0.3, 0.4) is 0 Å². The van der Waals surface area contributed by atoms with Gasteiger partial charge < -0.3 is 0 Å². The molecule has 0 unspecified atom stereocenters. The number of aromatic nitrogens is 7. The van der Waals surface area contributed by atoms with Crippen LogP contribution in [0, 0.1) is 12.8 Å². The van der Waals surface area contributed by atoms with E-state index in [0.717, 1.165) is 40.7 Å². The molecule has 0 atom stereocenters. The van der Waals surface area contributed by atoms with E-state index >= 15 is 0 Å². The molecule has 7 heteroatoms. The Bertz CT molecular complexity index is 1000. The second-order valence-electron chi connectivity index (χ2n) is 6.79. The number of nitrogens with zero attached hydrogens (tertiary/aromatic N) is 5. The maximum absolute atomic E-state index is 4.49. The Kier molecular flexibility index (Phi) is 4.12. The number of H-pyrrole nitrogens is 2. The van der Waals surface area contributed by atoms with Gasteiger partial charge in [0.05, 0.1) is 0 Å². The Morgan fingerprint density at radius 3 is 2.58 bits per heavy atom. The average Bonchev–Trinajstić information content (AvgIpc) is 3.34. The fourth-order valence-corrected chi connectivity index (χ4v) is 2.96. The topological polar surface area (TPSA) is 88.1 Å². The standard InChI is InChI=1S/C19H21N7/c1-12(2)10-15-11-17(24-23-15)19-20-8-9-26(19)16-6-4-14(5-7-16)18-21-13(3)22-25-18/h4-9,11-12H,10H2,1-3H3,(H,23,24)(H,21,22,25). The van der Waals surface area contributed by atoms with Crippen LogP contribution in [0.2, 0.25) is 0 Å². The lowest BCUT2D eigenvalue weighted by molar-refractivity contribution is 0.633. The third-order valence-electron chi connectivity index (χ3n) is 4.13. The molecule has 0 aliphatic rings. The molecule has 0 saturated carbocycles. The zero-order valence-electron chi connectivity index (χ0n) is 15.1. The molecule has 7 nitrogen and oxygen atoms in total. The van der Waals surface area contributed by atoms with E-state index in [2.05, 4.69) is 50.3 Å². The van der Waals surface area contributed by atoms with Crippen LogP contribution in [0.1, 0.15) is 25.4 Å². The van der Waals surface area contributed by atoms with Gasteiger partial charge in [0.15, 0.2) is 11.6 Å². The van der Waals surface area contributed by atoms with Gasteiger partial charge in [0.1, 0.15) is 11.5 Å². The SMILES string of the molecule is Cc1nc(-c2ccc(-n3ccnc3-c3cc(CC(C)C)[nH]n3)cc2)n[nH]1. The lowest BCUT2D eigenvalue weighted by Crippen LogP contribution is -1.96. The van der Waals surface area contributed by atoms with Gasteiger partial charge in [-0.3, -0.25) is 14.8 Å². The maximum atomic E-state index is 4.49. The molecule has 4 aromatic rings.